The molecule has 0 aliphatic carbocycles. The fourth-order valence-corrected chi connectivity index (χ4v) is 2.28. The molecule has 1 saturated heterocycles. The highest BCUT2D eigenvalue weighted by atomic mass is 16.2. The van der Waals surface area contributed by atoms with Gasteiger partial charge in [-0.05, 0) is 18.4 Å². The van der Waals surface area contributed by atoms with Crippen molar-refractivity contribution in [1.82, 2.24) is 10.2 Å². The molecule has 1 aromatic rings. The van der Waals surface area contributed by atoms with Gasteiger partial charge >= 0.3 is 6.03 Å². The summed E-state index contributed by atoms with van der Waals surface area (Å²) in [5.41, 5.74) is 1.67. The van der Waals surface area contributed by atoms with E-state index in [1.165, 1.54) is 0 Å². The molecule has 1 heterocycles. The van der Waals surface area contributed by atoms with E-state index < -0.39 is 23.8 Å². The molecule has 1 aliphatic heterocycles. The van der Waals surface area contributed by atoms with E-state index >= 15 is 0 Å². The molecule has 2 atom stereocenters. The first-order valence-corrected chi connectivity index (χ1v) is 7.16. The smallest absolute Gasteiger partial charge is 0.277 e. The number of nitrogens with one attached hydrogen (secondary N) is 1. The molecule has 2 rings (SSSR count). The lowest BCUT2D eigenvalue weighted by atomic mass is 9.94. The average Bonchev–Trinajstić information content (AvgIpc) is 2.45. The SMILES string of the molecule is CCC(C)CN1C(=O)NC(=O)C(c2ccc(C)cc2)C1=O. The summed E-state index contributed by atoms with van der Waals surface area (Å²) >= 11 is 0. The van der Waals surface area contributed by atoms with Crippen molar-refractivity contribution in [3.8, 4) is 0 Å². The second kappa shape index (κ2) is 6.08. The minimum atomic E-state index is -0.938. The monoisotopic (exact) mass is 288 g/mol. The topological polar surface area (TPSA) is 66.5 Å². The van der Waals surface area contributed by atoms with Crippen LogP contribution in [0.15, 0.2) is 24.3 Å². The number of urea groups is 1. The number of barbiturate groups is 1. The summed E-state index contributed by atoms with van der Waals surface area (Å²) in [4.78, 5) is 37.6. The molecule has 1 N–H and O–H groups in total. The molecule has 0 saturated carbocycles. The van der Waals surface area contributed by atoms with Crippen LogP contribution in [-0.2, 0) is 9.59 Å². The third-order valence-corrected chi connectivity index (χ3v) is 3.85. The number of rotatable bonds is 4. The Labute approximate surface area is 124 Å². The fourth-order valence-electron chi connectivity index (χ4n) is 2.28. The predicted octanol–water partition coefficient (Wildman–Crippen LogP) is 2.20. The van der Waals surface area contributed by atoms with Crippen LogP contribution < -0.4 is 5.32 Å². The highest BCUT2D eigenvalue weighted by Gasteiger charge is 2.41. The number of aryl methyl sites for hydroxylation is 1. The molecule has 2 unspecified atom stereocenters. The lowest BCUT2D eigenvalue weighted by Crippen LogP contribution is -2.57. The third-order valence-electron chi connectivity index (χ3n) is 3.85. The molecule has 112 valence electrons. The number of benzene rings is 1. The van der Waals surface area contributed by atoms with Crippen LogP contribution >= 0.6 is 0 Å². The van der Waals surface area contributed by atoms with Crippen molar-refractivity contribution < 1.29 is 14.4 Å². The average molecular weight is 288 g/mol. The van der Waals surface area contributed by atoms with Gasteiger partial charge in [0, 0.05) is 6.54 Å². The van der Waals surface area contributed by atoms with Crippen LogP contribution in [0.25, 0.3) is 0 Å². The second-order valence-electron chi connectivity index (χ2n) is 5.60. The summed E-state index contributed by atoms with van der Waals surface area (Å²) in [6.45, 7) is 6.24. The Bertz CT molecular complexity index is 565. The number of carbonyl (C=O) groups is 3. The van der Waals surface area contributed by atoms with Crippen LogP contribution in [0.5, 0.6) is 0 Å². The molecular formula is C16H20N2O3. The number of hydrogen-bond donors (Lipinski definition) is 1. The highest BCUT2D eigenvalue weighted by Crippen LogP contribution is 2.24. The second-order valence-corrected chi connectivity index (χ2v) is 5.60. The Hall–Kier alpha value is -2.17. The number of imide groups is 2. The number of hydrogen-bond acceptors (Lipinski definition) is 3. The van der Waals surface area contributed by atoms with Crippen LogP contribution in [0.3, 0.4) is 0 Å². The van der Waals surface area contributed by atoms with Crippen molar-refractivity contribution in [2.75, 3.05) is 6.54 Å². The molecule has 0 bridgehead atoms. The quantitative estimate of drug-likeness (QED) is 0.864. The van der Waals surface area contributed by atoms with Crippen LogP contribution in [0.1, 0.15) is 37.3 Å². The van der Waals surface area contributed by atoms with E-state index in [4.69, 9.17) is 0 Å². The Balaban J connectivity index is 2.28. The van der Waals surface area contributed by atoms with E-state index in [1.807, 2.05) is 32.9 Å². The van der Waals surface area contributed by atoms with Crippen LogP contribution in [-0.4, -0.2) is 29.3 Å². The standard InChI is InChI=1S/C16H20N2O3/c1-4-10(2)9-18-15(20)13(14(19)17-16(18)21)12-7-5-11(3)6-8-12/h5-8,10,13H,4,9H2,1-3H3,(H,17,19,21). The number of carbonyl (C=O) groups excluding carboxylic acids is 3. The van der Waals surface area contributed by atoms with Crippen LogP contribution in [0, 0.1) is 12.8 Å². The first kappa shape index (κ1) is 15.2. The van der Waals surface area contributed by atoms with Gasteiger partial charge in [-0.1, -0.05) is 50.1 Å². The van der Waals surface area contributed by atoms with Crippen molar-refractivity contribution in [2.24, 2.45) is 5.92 Å². The zero-order valence-electron chi connectivity index (χ0n) is 12.6. The molecule has 5 nitrogen and oxygen atoms in total. The summed E-state index contributed by atoms with van der Waals surface area (Å²) in [6.07, 6.45) is 0.861. The molecule has 0 aromatic heterocycles. The summed E-state index contributed by atoms with van der Waals surface area (Å²) in [7, 11) is 0. The maximum absolute atomic E-state index is 12.5. The van der Waals surface area contributed by atoms with E-state index in [-0.39, 0.29) is 5.92 Å². The van der Waals surface area contributed by atoms with Gasteiger partial charge in [-0.15, -0.1) is 0 Å². The molecule has 1 fully saturated rings. The Kier molecular flexibility index (Phi) is 4.40. The molecule has 1 aliphatic rings. The van der Waals surface area contributed by atoms with Crippen molar-refractivity contribution in [3.05, 3.63) is 35.4 Å². The van der Waals surface area contributed by atoms with Crippen LogP contribution in [0.4, 0.5) is 4.79 Å². The molecule has 21 heavy (non-hydrogen) atoms. The van der Waals surface area contributed by atoms with Gasteiger partial charge in [-0.2, -0.15) is 0 Å². The van der Waals surface area contributed by atoms with Gasteiger partial charge in [0.15, 0.2) is 0 Å². The van der Waals surface area contributed by atoms with Gasteiger partial charge in [0.25, 0.3) is 0 Å². The zero-order chi connectivity index (χ0) is 15.6. The van der Waals surface area contributed by atoms with Crippen molar-refractivity contribution in [2.45, 2.75) is 33.1 Å². The van der Waals surface area contributed by atoms with Gasteiger partial charge in [-0.25, -0.2) is 4.79 Å². The fraction of sp³-hybridized carbons (Fsp3) is 0.438. The lowest BCUT2D eigenvalue weighted by molar-refractivity contribution is -0.139. The van der Waals surface area contributed by atoms with Gasteiger partial charge < -0.3 is 0 Å². The minimum absolute atomic E-state index is 0.201. The lowest BCUT2D eigenvalue weighted by Gasteiger charge is -2.31. The number of amides is 4. The Morgan fingerprint density at radius 2 is 1.81 bits per heavy atom. The van der Waals surface area contributed by atoms with Crippen LogP contribution in [0.2, 0.25) is 0 Å². The molecule has 0 radical (unpaired) electrons. The van der Waals surface area contributed by atoms with Crippen molar-refractivity contribution in [3.63, 3.8) is 0 Å². The molecular weight excluding hydrogens is 268 g/mol. The van der Waals surface area contributed by atoms with Gasteiger partial charge in [-0.3, -0.25) is 19.8 Å². The maximum Gasteiger partial charge on any atom is 0.330 e. The van der Waals surface area contributed by atoms with E-state index in [0.717, 1.165) is 16.9 Å². The first-order valence-electron chi connectivity index (χ1n) is 7.16. The molecule has 1 aromatic carbocycles. The summed E-state index contributed by atoms with van der Waals surface area (Å²) in [6, 6.07) is 6.61. The molecule has 5 heteroatoms. The van der Waals surface area contributed by atoms with Gasteiger partial charge in [0.2, 0.25) is 11.8 Å². The molecule has 0 spiro atoms. The van der Waals surface area contributed by atoms with E-state index in [9.17, 15) is 14.4 Å². The van der Waals surface area contributed by atoms with E-state index in [2.05, 4.69) is 5.32 Å². The van der Waals surface area contributed by atoms with Gasteiger partial charge in [0.1, 0.15) is 5.92 Å². The normalized spacial score (nSPS) is 20.4. The zero-order valence-corrected chi connectivity index (χ0v) is 12.6. The largest absolute Gasteiger partial charge is 0.330 e. The highest BCUT2D eigenvalue weighted by molar-refractivity contribution is 6.19. The first-order chi connectivity index (χ1) is 9.93. The Morgan fingerprint density at radius 1 is 1.19 bits per heavy atom. The van der Waals surface area contributed by atoms with Crippen molar-refractivity contribution >= 4 is 17.8 Å². The minimum Gasteiger partial charge on any atom is -0.277 e. The van der Waals surface area contributed by atoms with Gasteiger partial charge in [0.05, 0.1) is 0 Å². The van der Waals surface area contributed by atoms with E-state index in [0.29, 0.717) is 12.1 Å². The Morgan fingerprint density at radius 3 is 2.38 bits per heavy atom. The summed E-state index contributed by atoms with van der Waals surface area (Å²) < 4.78 is 0. The van der Waals surface area contributed by atoms with E-state index in [1.54, 1.807) is 12.1 Å². The van der Waals surface area contributed by atoms with Crippen molar-refractivity contribution in [1.29, 1.82) is 0 Å². The predicted molar refractivity (Wildman–Crippen MR) is 78.6 cm³/mol. The maximum atomic E-state index is 12.5. The number of nitrogens with zero attached hydrogens (tertiary/aromatic N) is 1. The molecule has 4 amide bonds. The summed E-state index contributed by atoms with van der Waals surface area (Å²) in [5.74, 6) is -1.72. The summed E-state index contributed by atoms with van der Waals surface area (Å²) in [5, 5.41) is 2.28. The third kappa shape index (κ3) is 3.12.